The van der Waals surface area contributed by atoms with Gasteiger partial charge in [0.25, 0.3) is 0 Å². The Kier molecular flexibility index (Phi) is 14.2. The first-order valence-electron chi connectivity index (χ1n) is 16.8. The zero-order valence-corrected chi connectivity index (χ0v) is 37.0. The number of benzene rings is 2. The summed E-state index contributed by atoms with van der Waals surface area (Å²) in [7, 11) is -13.6. The van der Waals surface area contributed by atoms with Gasteiger partial charge in [-0.05, 0) is 129 Å². The van der Waals surface area contributed by atoms with Gasteiger partial charge >= 0.3 is 14.8 Å². The van der Waals surface area contributed by atoms with Crippen molar-refractivity contribution in [1.82, 2.24) is 0 Å². The monoisotopic (exact) mass is 750 g/mol. The highest BCUT2D eigenvalue weighted by atomic mass is 31.2. The summed E-state index contributed by atoms with van der Waals surface area (Å²) in [6, 6.07) is 7.89. The molecule has 268 valence electrons. The third kappa shape index (κ3) is 12.2. The number of ether oxygens (including phenoxy) is 1. The van der Waals surface area contributed by atoms with Gasteiger partial charge in [0.05, 0.1) is 13.0 Å². The molecule has 2 rings (SSSR count). The van der Waals surface area contributed by atoms with Crippen molar-refractivity contribution >= 4 is 57.9 Å². The van der Waals surface area contributed by atoms with Crippen LogP contribution in [-0.2, 0) is 26.4 Å². The third-order valence-corrected chi connectivity index (χ3v) is 22.0. The summed E-state index contributed by atoms with van der Waals surface area (Å²) in [6.07, 6.45) is -0.262. The summed E-state index contributed by atoms with van der Waals surface area (Å²) in [5.41, 5.74) is 3.68. The van der Waals surface area contributed by atoms with Crippen LogP contribution in [0, 0.1) is 41.5 Å². The molecular weight excluding hydrogens is 692 g/mol. The fraction of sp³-hybridized carbons (Fsp3) is 0.571. The summed E-state index contributed by atoms with van der Waals surface area (Å²) < 4.78 is 40.6. The van der Waals surface area contributed by atoms with E-state index in [1.807, 2.05) is 38.1 Å². The predicted octanol–water partition coefficient (Wildman–Crippen LogP) is 9.70. The summed E-state index contributed by atoms with van der Waals surface area (Å²) in [4.78, 5) is 41.5. The van der Waals surface area contributed by atoms with Crippen molar-refractivity contribution in [2.75, 3.05) is 12.8 Å². The Balaban J connectivity index is 2.34. The summed E-state index contributed by atoms with van der Waals surface area (Å²) in [5.74, 6) is -0.610. The molecule has 0 saturated heterocycles. The van der Waals surface area contributed by atoms with E-state index in [2.05, 4.69) is 58.9 Å². The van der Waals surface area contributed by atoms with Gasteiger partial charge in [0, 0.05) is 23.3 Å². The van der Waals surface area contributed by atoms with Crippen LogP contribution in [0.4, 0.5) is 0 Å². The first-order valence-corrected chi connectivity index (χ1v) is 30.8. The second-order valence-electron chi connectivity index (χ2n) is 16.0. The third-order valence-electron chi connectivity index (χ3n) is 7.34. The predicted molar refractivity (Wildman–Crippen MR) is 206 cm³/mol. The van der Waals surface area contributed by atoms with Gasteiger partial charge in [-0.1, -0.05) is 35.4 Å². The molecule has 0 atom stereocenters. The molecule has 0 amide bonds. The molecule has 0 spiro atoms. The number of carbonyl (C=O) groups excluding carboxylic acids is 3. The highest BCUT2D eigenvalue weighted by Gasteiger charge is 2.49. The summed E-state index contributed by atoms with van der Waals surface area (Å²) in [5, 5.41) is 0. The molecular formula is C35H59O8PSi4. The first-order chi connectivity index (χ1) is 21.7. The van der Waals surface area contributed by atoms with Gasteiger partial charge in [0.15, 0.2) is 25.0 Å². The van der Waals surface area contributed by atoms with Crippen LogP contribution in [0.25, 0.3) is 0 Å². The van der Waals surface area contributed by atoms with E-state index in [0.29, 0.717) is 34.7 Å². The van der Waals surface area contributed by atoms with Crippen LogP contribution in [0.5, 0.6) is 0 Å². The molecule has 8 nitrogen and oxygen atoms in total. The molecule has 0 unspecified atom stereocenters. The number of rotatable bonds is 17. The second kappa shape index (κ2) is 16.1. The Hall–Kier alpha value is -1.77. The van der Waals surface area contributed by atoms with Gasteiger partial charge in [0.2, 0.25) is 18.2 Å². The van der Waals surface area contributed by atoms with Crippen molar-refractivity contribution in [2.24, 2.45) is 0 Å². The topological polar surface area (TPSA) is 105 Å². The highest BCUT2D eigenvalue weighted by molar-refractivity contribution is 7.95. The van der Waals surface area contributed by atoms with Crippen LogP contribution >= 0.6 is 7.14 Å². The van der Waals surface area contributed by atoms with Crippen LogP contribution in [0.1, 0.15) is 66.9 Å². The van der Waals surface area contributed by atoms with Crippen LogP contribution in [-0.4, -0.2) is 63.5 Å². The Morgan fingerprint density at radius 3 is 1.25 bits per heavy atom. The maximum atomic E-state index is 14.8. The smallest absolute Gasteiger partial charge is 0.466 e. The minimum atomic E-state index is -4.29. The molecule has 2 aromatic rings. The van der Waals surface area contributed by atoms with Crippen molar-refractivity contribution in [3.63, 3.8) is 0 Å². The molecule has 0 aliphatic heterocycles. The number of aryl methyl sites for hydroxylation is 6. The maximum Gasteiger partial charge on any atom is 0.469 e. The molecule has 0 N–H and O–H groups in total. The van der Waals surface area contributed by atoms with Crippen molar-refractivity contribution < 1.29 is 36.0 Å². The number of hydrogen-bond acceptors (Lipinski definition) is 8. The summed E-state index contributed by atoms with van der Waals surface area (Å²) in [6.45, 7) is 30.2. The molecule has 0 radical (unpaired) electrons. The number of hydrogen-bond donors (Lipinski definition) is 0. The lowest BCUT2D eigenvalue weighted by Gasteiger charge is -2.42. The van der Waals surface area contributed by atoms with Gasteiger partial charge in [-0.2, -0.15) is 0 Å². The molecule has 48 heavy (non-hydrogen) atoms. The van der Waals surface area contributed by atoms with E-state index in [1.165, 1.54) is 0 Å². The second-order valence-corrected chi connectivity index (χ2v) is 35.8. The molecule has 0 aliphatic carbocycles. The fourth-order valence-electron chi connectivity index (χ4n) is 6.10. The zero-order valence-electron chi connectivity index (χ0n) is 32.1. The molecule has 2 aromatic carbocycles. The highest BCUT2D eigenvalue weighted by Crippen LogP contribution is 2.54. The average Bonchev–Trinajstić information content (AvgIpc) is 2.85. The Morgan fingerprint density at radius 2 is 0.938 bits per heavy atom. The van der Waals surface area contributed by atoms with Crippen molar-refractivity contribution in [1.29, 1.82) is 0 Å². The molecule has 0 aliphatic rings. The Morgan fingerprint density at radius 1 is 0.604 bits per heavy atom. The van der Waals surface area contributed by atoms with Gasteiger partial charge < -0.3 is 21.6 Å². The lowest BCUT2D eigenvalue weighted by Crippen LogP contribution is -2.60. The van der Waals surface area contributed by atoms with E-state index < -0.39 is 64.1 Å². The minimum absolute atomic E-state index is 0.0886. The molecule has 0 aromatic heterocycles. The zero-order chi connectivity index (χ0) is 37.0. The van der Waals surface area contributed by atoms with E-state index in [9.17, 15) is 18.9 Å². The molecule has 13 heteroatoms. The molecule has 0 heterocycles. The standard InChI is InChI=1S/C35H59O8PSi4/c1-25-21-27(3)32(28(4)22-25)34(37)44(39,35(38)33-29(5)23-26(2)24-30(33)6)19-17-31(36)40-18-16-20-48(41-45(7,8)9,42-46(10,11)12)43-47(13,14)15/h21-24H,16-20H2,1-15H3. The Labute approximate surface area is 293 Å². The van der Waals surface area contributed by atoms with E-state index in [4.69, 9.17) is 17.1 Å². The minimum Gasteiger partial charge on any atom is -0.466 e. The van der Waals surface area contributed by atoms with Crippen molar-refractivity contribution in [3.05, 3.63) is 68.8 Å². The lowest BCUT2D eigenvalue weighted by atomic mass is 10.0. The average molecular weight is 751 g/mol. The normalized spacial score (nSPS) is 13.1. The first kappa shape index (κ1) is 42.4. The van der Waals surface area contributed by atoms with Crippen molar-refractivity contribution in [3.8, 4) is 0 Å². The fourth-order valence-corrected chi connectivity index (χ4v) is 23.2. The van der Waals surface area contributed by atoms with Crippen LogP contribution < -0.4 is 0 Å². The van der Waals surface area contributed by atoms with Crippen molar-refractivity contribution in [2.45, 2.75) is 119 Å². The largest absolute Gasteiger partial charge is 0.469 e. The van der Waals surface area contributed by atoms with Crippen LogP contribution in [0.3, 0.4) is 0 Å². The lowest BCUT2D eigenvalue weighted by molar-refractivity contribution is -0.143. The number of esters is 1. The van der Waals surface area contributed by atoms with Gasteiger partial charge in [0.1, 0.15) is 0 Å². The molecule has 0 saturated carbocycles. The Bertz CT molecular complexity index is 1410. The summed E-state index contributed by atoms with van der Waals surface area (Å²) >= 11 is 0. The van der Waals surface area contributed by atoms with E-state index >= 15 is 0 Å². The van der Waals surface area contributed by atoms with Crippen LogP contribution in [0.15, 0.2) is 24.3 Å². The van der Waals surface area contributed by atoms with Gasteiger partial charge in [-0.3, -0.25) is 14.4 Å². The van der Waals surface area contributed by atoms with Gasteiger partial charge in [-0.25, -0.2) is 0 Å². The van der Waals surface area contributed by atoms with E-state index in [1.54, 1.807) is 27.7 Å². The SMILES string of the molecule is Cc1cc(C)c(C(=O)P(=O)(CCC(=O)OCCC[Si](O[Si](C)(C)C)(O[Si](C)(C)C)O[Si](C)(C)C)C(=O)c2c(C)cc(C)cc2C)c(C)c1. The number of carbonyl (C=O) groups is 3. The van der Waals surface area contributed by atoms with E-state index in [0.717, 1.165) is 11.1 Å². The molecule has 0 fully saturated rings. The van der Waals surface area contributed by atoms with Crippen LogP contribution in [0.2, 0.25) is 65.0 Å². The van der Waals surface area contributed by atoms with Gasteiger partial charge in [-0.15, -0.1) is 0 Å². The molecule has 0 bridgehead atoms. The van der Waals surface area contributed by atoms with E-state index in [-0.39, 0.29) is 24.2 Å². The quantitative estimate of drug-likeness (QED) is 0.0682. The maximum absolute atomic E-state index is 14.8.